The predicted octanol–water partition coefficient (Wildman–Crippen LogP) is 9.61. The first-order valence-electron chi connectivity index (χ1n) is 28.3. The van der Waals surface area contributed by atoms with Gasteiger partial charge in [0.1, 0.15) is 36.8 Å². The van der Waals surface area contributed by atoms with Crippen LogP contribution in [-0.4, -0.2) is 118 Å². The van der Waals surface area contributed by atoms with Gasteiger partial charge in [0.15, 0.2) is 22.9 Å². The first kappa shape index (κ1) is 62.3. The van der Waals surface area contributed by atoms with Crippen molar-refractivity contribution in [2.24, 2.45) is 0 Å². The van der Waals surface area contributed by atoms with Crippen molar-refractivity contribution in [3.05, 3.63) is 123 Å². The van der Waals surface area contributed by atoms with Crippen LogP contribution < -0.4 is 31.9 Å². The summed E-state index contributed by atoms with van der Waals surface area (Å²) in [5, 5.41) is 31.8. The summed E-state index contributed by atoms with van der Waals surface area (Å²) < 4.78 is 34.7. The number of nitrogens with one attached hydrogen (secondary N) is 3. The zero-order valence-electron chi connectivity index (χ0n) is 48.4. The van der Waals surface area contributed by atoms with Crippen LogP contribution in [0.5, 0.6) is 5.75 Å². The molecule has 0 spiro atoms. The number of alkyl carbamates (subject to hydrolysis) is 1. The van der Waals surface area contributed by atoms with Crippen molar-refractivity contribution >= 4 is 28.6 Å². The first-order valence-corrected chi connectivity index (χ1v) is 34.1. The van der Waals surface area contributed by atoms with Crippen LogP contribution in [0.3, 0.4) is 0 Å². The van der Waals surface area contributed by atoms with Gasteiger partial charge in [-0.25, -0.2) is 9.59 Å². The number of methoxy groups -OCH3 is 1. The molecule has 1 aliphatic carbocycles. The maximum absolute atomic E-state index is 14.5. The quantitative estimate of drug-likeness (QED) is 0.0255. The van der Waals surface area contributed by atoms with E-state index in [0.29, 0.717) is 44.8 Å². The molecule has 6 rings (SSSR count). The lowest BCUT2D eigenvalue weighted by atomic mass is 9.98. The van der Waals surface area contributed by atoms with E-state index in [1.807, 2.05) is 24.3 Å². The molecule has 1 aromatic heterocycles. The van der Waals surface area contributed by atoms with Crippen molar-refractivity contribution in [3.8, 4) is 16.9 Å². The van der Waals surface area contributed by atoms with E-state index in [2.05, 4.69) is 108 Å². The van der Waals surface area contributed by atoms with Crippen LogP contribution in [0.25, 0.3) is 11.1 Å². The molecule has 0 bridgehead atoms. The van der Waals surface area contributed by atoms with Crippen LogP contribution in [0.15, 0.2) is 94.6 Å². The van der Waals surface area contributed by atoms with Gasteiger partial charge >= 0.3 is 11.8 Å². The summed E-state index contributed by atoms with van der Waals surface area (Å²) in [4.78, 5) is 53.2. The van der Waals surface area contributed by atoms with E-state index < -0.39 is 71.2 Å². The number of hydrogen-bond donors (Lipinski definition) is 5. The number of aromatic nitrogens is 2. The molecule has 5 N–H and O–H groups in total. The van der Waals surface area contributed by atoms with Crippen molar-refractivity contribution < 1.29 is 42.9 Å². The predicted molar refractivity (Wildman–Crippen MR) is 312 cm³/mol. The van der Waals surface area contributed by atoms with Crippen LogP contribution in [-0.2, 0) is 29.7 Å². The minimum Gasteiger partial charge on any atom is -0.497 e. The fourth-order valence-electron chi connectivity index (χ4n) is 9.77. The van der Waals surface area contributed by atoms with E-state index in [1.165, 1.54) is 39.1 Å². The largest absolute Gasteiger partial charge is 0.497 e. The normalized spacial score (nSPS) is 18.5. The highest BCUT2D eigenvalue weighted by Gasteiger charge is 2.57. The van der Waals surface area contributed by atoms with Crippen molar-refractivity contribution in [1.29, 1.82) is 0 Å². The van der Waals surface area contributed by atoms with E-state index in [4.69, 9.17) is 23.1 Å². The Balaban J connectivity index is 0.942. The Labute approximate surface area is 465 Å². The van der Waals surface area contributed by atoms with E-state index in [9.17, 15) is 29.4 Å². The first-order chi connectivity index (χ1) is 37.0. The number of amides is 2. The number of hydrogen-bond acceptors (Lipinski definition) is 12. The topological polar surface area (TPSA) is 201 Å². The van der Waals surface area contributed by atoms with Gasteiger partial charge in [-0.2, -0.15) is 0 Å². The molecule has 6 atom stereocenters. The van der Waals surface area contributed by atoms with Gasteiger partial charge in [0, 0.05) is 37.7 Å². The summed E-state index contributed by atoms with van der Waals surface area (Å²) in [6, 6.07) is 24.3. The van der Waals surface area contributed by atoms with E-state index in [1.54, 1.807) is 31.4 Å². The highest BCUT2D eigenvalue weighted by atomic mass is 28.4. The van der Waals surface area contributed by atoms with Gasteiger partial charge in [0.2, 0.25) is 5.91 Å². The number of ether oxygens (including phenoxy) is 3. The van der Waals surface area contributed by atoms with Crippen molar-refractivity contribution in [3.63, 3.8) is 0 Å². The molecule has 1 saturated heterocycles. The molecule has 4 aromatic rings. The molecule has 430 valence electrons. The monoisotopic (exact) mass is 1110 g/mol. The van der Waals surface area contributed by atoms with Crippen LogP contribution in [0.4, 0.5) is 4.79 Å². The average Bonchev–Trinajstić information content (AvgIpc) is 3.93. The molecule has 2 amide bonds. The Kier molecular flexibility index (Phi) is 22.3. The van der Waals surface area contributed by atoms with Gasteiger partial charge in [-0.05, 0) is 102 Å². The van der Waals surface area contributed by atoms with Crippen molar-refractivity contribution in [1.82, 2.24) is 25.1 Å². The molecule has 0 radical (unpaired) electrons. The average molecular weight is 1110 g/mol. The molecule has 78 heavy (non-hydrogen) atoms. The lowest BCUT2D eigenvalue weighted by Crippen LogP contribution is -2.58. The maximum Gasteiger partial charge on any atom is 0.407 e. The lowest BCUT2D eigenvalue weighted by Gasteiger charge is -2.44. The second kappa shape index (κ2) is 28.0. The standard InChI is InChI=1S/C60H91N5O11Si2/c1-59(2,3)77(8,9)75-54-53(74-56(55(54)76-78(10,11)60(4,5)6)64-38-34-51(68)65(58(64)71)39-42-30-32-43(72-7)33-31-42)52(69)49(40-66)61-36-24-37-62-50(67)29-18-16-14-12-13-15-17-23-35-63-57(70)73-41-48-46-27-21-19-25-44(46)45-26-20-22-28-47(45)48/h19-22,25-28,30-34,38,48-49,52-56,61,66,69H,12-18,23-24,29,35-37,39-41H2,1-11H3,(H,62,67)(H,63,70)/t49-,52+,53?,54+,55+,56+/m0/s1. The van der Waals surface area contributed by atoms with Gasteiger partial charge in [-0.1, -0.05) is 141 Å². The highest BCUT2D eigenvalue weighted by Crippen LogP contribution is 2.47. The number of fused-ring (bicyclic) bond motifs is 3. The number of nitrogens with zero attached hydrogens (tertiary/aromatic N) is 2. The Morgan fingerprint density at radius 1 is 0.705 bits per heavy atom. The van der Waals surface area contributed by atoms with Crippen molar-refractivity contribution in [2.75, 3.05) is 40.0 Å². The van der Waals surface area contributed by atoms with Gasteiger partial charge in [0.05, 0.1) is 26.3 Å². The molecule has 2 heterocycles. The Morgan fingerprint density at radius 3 is 1.83 bits per heavy atom. The number of rotatable bonds is 29. The molecule has 3 aromatic carbocycles. The molecular weight excluding hydrogens is 1020 g/mol. The van der Waals surface area contributed by atoms with Crippen LogP contribution in [0, 0.1) is 0 Å². The van der Waals surface area contributed by atoms with Gasteiger partial charge < -0.3 is 49.2 Å². The Bertz CT molecular complexity index is 2640. The molecule has 0 saturated carbocycles. The highest BCUT2D eigenvalue weighted by molar-refractivity contribution is 6.74. The van der Waals surface area contributed by atoms with E-state index >= 15 is 0 Å². The third-order valence-electron chi connectivity index (χ3n) is 16.5. The zero-order valence-corrected chi connectivity index (χ0v) is 50.4. The smallest absolute Gasteiger partial charge is 0.407 e. The third-order valence-corrected chi connectivity index (χ3v) is 25.5. The van der Waals surface area contributed by atoms with Crippen LogP contribution in [0.1, 0.15) is 135 Å². The van der Waals surface area contributed by atoms with Gasteiger partial charge in [0.25, 0.3) is 5.56 Å². The van der Waals surface area contributed by atoms with E-state index in [0.717, 1.165) is 61.5 Å². The zero-order chi connectivity index (χ0) is 56.8. The van der Waals surface area contributed by atoms with Crippen molar-refractivity contribution in [2.45, 2.75) is 191 Å². The fraction of sp³-hybridized carbons (Fsp3) is 0.600. The summed E-state index contributed by atoms with van der Waals surface area (Å²) >= 11 is 0. The SMILES string of the molecule is COc1ccc(Cn2c(=O)ccn([C@@H]3OC([C@H](O)[C@H](CO)NCCCNC(=O)CCCCCCCCCCNC(=O)OCC4c5ccccc5-c5ccccc54)[C@@H](O[Si](C)(C)C(C)(C)C)[C@H]3O[Si](C)(C)C(C)(C)C)c2=O)cc1. The van der Waals surface area contributed by atoms with Crippen LogP contribution >= 0.6 is 0 Å². The number of carbonyl (C=O) groups excluding carboxylic acids is 2. The van der Waals surface area contributed by atoms with E-state index in [-0.39, 0.29) is 34.5 Å². The molecule has 16 nitrogen and oxygen atoms in total. The second-order valence-corrected chi connectivity index (χ2v) is 33.7. The number of carbonyl (C=O) groups is 2. The Hall–Kier alpha value is -4.93. The van der Waals surface area contributed by atoms with Gasteiger partial charge in [-0.15, -0.1) is 0 Å². The van der Waals surface area contributed by atoms with Gasteiger partial charge in [-0.3, -0.25) is 18.7 Å². The fourth-order valence-corrected chi connectivity index (χ4v) is 12.4. The molecule has 18 heteroatoms. The van der Waals surface area contributed by atoms with Crippen LogP contribution in [0.2, 0.25) is 36.3 Å². The Morgan fingerprint density at radius 2 is 1.26 bits per heavy atom. The second-order valence-electron chi connectivity index (χ2n) is 24.2. The molecule has 2 aliphatic rings. The number of unbranched alkanes of at least 4 members (excludes halogenated alkanes) is 7. The number of aliphatic hydroxyl groups excluding tert-OH is 2. The summed E-state index contributed by atoms with van der Waals surface area (Å²) in [6.07, 6.45) is 4.94. The summed E-state index contributed by atoms with van der Waals surface area (Å²) in [6.45, 7) is 22.5. The molecule has 1 aliphatic heterocycles. The lowest BCUT2D eigenvalue weighted by molar-refractivity contribution is -0.121. The molecular formula is C60H91N5O11Si2. The number of benzene rings is 3. The summed E-state index contributed by atoms with van der Waals surface area (Å²) in [5.41, 5.74) is 4.46. The summed E-state index contributed by atoms with van der Waals surface area (Å²) in [5.74, 6) is 0.687. The minimum atomic E-state index is -2.63. The molecule has 1 unspecified atom stereocenters. The molecule has 1 fully saturated rings. The maximum atomic E-state index is 14.5. The summed E-state index contributed by atoms with van der Waals surface area (Å²) in [7, 11) is -3.69. The third kappa shape index (κ3) is 16.1. The number of aliphatic hydroxyl groups is 2. The minimum absolute atomic E-state index is 0.00740.